The third kappa shape index (κ3) is 3.37. The minimum Gasteiger partial charge on any atom is -0.481 e. The van der Waals surface area contributed by atoms with Gasteiger partial charge in [-0.25, -0.2) is 9.97 Å². The van der Waals surface area contributed by atoms with E-state index in [1.54, 1.807) is 18.2 Å². The molecule has 0 fully saturated rings. The molecule has 0 aromatic carbocycles. The first-order valence-electron chi connectivity index (χ1n) is 9.69. The number of ether oxygens (including phenoxy) is 1. The highest BCUT2D eigenvalue weighted by Crippen LogP contribution is 2.33. The molecule has 0 spiro atoms. The van der Waals surface area contributed by atoms with E-state index in [1.807, 2.05) is 50.7 Å². The summed E-state index contributed by atoms with van der Waals surface area (Å²) in [5.41, 5.74) is 5.82. The van der Waals surface area contributed by atoms with Crippen LogP contribution < -0.4 is 9.64 Å². The van der Waals surface area contributed by atoms with Crippen LogP contribution >= 0.6 is 0 Å². The van der Waals surface area contributed by atoms with E-state index in [1.165, 1.54) is 0 Å². The predicted octanol–water partition coefficient (Wildman–Crippen LogP) is 3.23. The molecule has 1 aliphatic heterocycles. The molecular weight excluding hydrogens is 366 g/mol. The summed E-state index contributed by atoms with van der Waals surface area (Å²) < 4.78 is 6.99. The van der Waals surface area contributed by atoms with Crippen LogP contribution in [0.3, 0.4) is 0 Å². The van der Waals surface area contributed by atoms with Gasteiger partial charge < -0.3 is 4.74 Å². The van der Waals surface area contributed by atoms with E-state index in [2.05, 4.69) is 16.1 Å². The van der Waals surface area contributed by atoms with Crippen molar-refractivity contribution in [3.63, 3.8) is 0 Å². The van der Waals surface area contributed by atoms with Crippen LogP contribution in [0, 0.1) is 19.8 Å². The Morgan fingerprint density at radius 1 is 1.21 bits per heavy atom. The van der Waals surface area contributed by atoms with Gasteiger partial charge in [-0.05, 0) is 38.0 Å². The summed E-state index contributed by atoms with van der Waals surface area (Å²) in [5.74, 6) is 1.30. The minimum absolute atomic E-state index is 0.0740. The van der Waals surface area contributed by atoms with Crippen LogP contribution in [-0.2, 0) is 24.8 Å². The van der Waals surface area contributed by atoms with Crippen molar-refractivity contribution >= 4 is 11.7 Å². The molecule has 1 amide bonds. The van der Waals surface area contributed by atoms with Crippen LogP contribution in [0.4, 0.5) is 5.82 Å². The Morgan fingerprint density at radius 3 is 2.62 bits per heavy atom. The quantitative estimate of drug-likeness (QED) is 0.683. The monoisotopic (exact) mass is 391 g/mol. The zero-order valence-electron chi connectivity index (χ0n) is 17.4. The number of rotatable bonds is 4. The molecule has 0 bridgehead atoms. The number of fused-ring (bicyclic) bond motifs is 1. The lowest BCUT2D eigenvalue weighted by molar-refractivity contribution is -0.122. The van der Waals surface area contributed by atoms with Crippen molar-refractivity contribution in [2.24, 2.45) is 13.0 Å². The van der Waals surface area contributed by atoms with Crippen molar-refractivity contribution < 1.29 is 9.53 Å². The molecule has 29 heavy (non-hydrogen) atoms. The fourth-order valence-corrected chi connectivity index (χ4v) is 3.83. The Morgan fingerprint density at radius 2 is 2.00 bits per heavy atom. The van der Waals surface area contributed by atoms with E-state index >= 15 is 0 Å². The first kappa shape index (κ1) is 19.1. The van der Waals surface area contributed by atoms with Crippen molar-refractivity contribution in [3.05, 3.63) is 53.0 Å². The average Bonchev–Trinajstić information content (AvgIpc) is 2.97. The zero-order chi connectivity index (χ0) is 20.7. The number of hydrogen-bond donors (Lipinski definition) is 0. The lowest BCUT2D eigenvalue weighted by atomic mass is 9.94. The van der Waals surface area contributed by atoms with Gasteiger partial charge in [-0.2, -0.15) is 5.10 Å². The van der Waals surface area contributed by atoms with Crippen molar-refractivity contribution in [1.29, 1.82) is 0 Å². The fourth-order valence-electron chi connectivity index (χ4n) is 3.83. The van der Waals surface area contributed by atoms with Gasteiger partial charge in [-0.3, -0.25) is 14.4 Å². The Labute approximate surface area is 170 Å². The number of amides is 1. The maximum atomic E-state index is 13.1. The maximum Gasteiger partial charge on any atom is 0.231 e. The van der Waals surface area contributed by atoms with E-state index in [9.17, 15) is 4.79 Å². The first-order valence-corrected chi connectivity index (χ1v) is 9.69. The second kappa shape index (κ2) is 7.31. The molecule has 7 heteroatoms. The number of pyridine rings is 2. The van der Waals surface area contributed by atoms with Gasteiger partial charge in [0.2, 0.25) is 11.8 Å². The smallest absolute Gasteiger partial charge is 0.231 e. The second-order valence-electron chi connectivity index (χ2n) is 7.57. The molecule has 0 saturated carbocycles. The number of carbonyl (C=O) groups is 1. The Kier molecular flexibility index (Phi) is 4.82. The van der Waals surface area contributed by atoms with Crippen molar-refractivity contribution in [1.82, 2.24) is 19.7 Å². The van der Waals surface area contributed by atoms with E-state index in [-0.39, 0.29) is 11.8 Å². The number of hydrogen-bond acceptors (Lipinski definition) is 5. The van der Waals surface area contributed by atoms with Crippen LogP contribution in [0.2, 0.25) is 0 Å². The molecule has 1 atom stereocenters. The highest BCUT2D eigenvalue weighted by Gasteiger charge is 2.32. The third-order valence-electron chi connectivity index (χ3n) is 5.64. The highest BCUT2D eigenvalue weighted by molar-refractivity contribution is 5.97. The molecule has 3 aromatic rings. The number of aromatic nitrogens is 4. The molecule has 0 saturated heterocycles. The molecule has 4 rings (SSSR count). The van der Waals surface area contributed by atoms with Crippen LogP contribution in [0.15, 0.2) is 30.5 Å². The van der Waals surface area contributed by atoms with Crippen molar-refractivity contribution in [2.75, 3.05) is 12.0 Å². The number of nitrogens with zero attached hydrogens (tertiary/aromatic N) is 5. The molecule has 0 aliphatic carbocycles. The van der Waals surface area contributed by atoms with Gasteiger partial charge in [0.1, 0.15) is 5.82 Å². The predicted molar refractivity (Wildman–Crippen MR) is 111 cm³/mol. The number of carbonyl (C=O) groups excluding carboxylic acids is 1. The molecule has 3 aromatic heterocycles. The summed E-state index contributed by atoms with van der Waals surface area (Å²) in [6.45, 7) is 6.45. The molecule has 0 N–H and O–H groups in total. The summed E-state index contributed by atoms with van der Waals surface area (Å²) in [5, 5.41) is 4.50. The average molecular weight is 391 g/mol. The van der Waals surface area contributed by atoms with Gasteiger partial charge in [-0.1, -0.05) is 13.0 Å². The summed E-state index contributed by atoms with van der Waals surface area (Å²) in [6, 6.07) is 7.79. The lowest BCUT2D eigenvalue weighted by Gasteiger charge is -2.32. The number of anilines is 1. The number of methoxy groups -OCH3 is 1. The van der Waals surface area contributed by atoms with Gasteiger partial charge in [0.25, 0.3) is 0 Å². The van der Waals surface area contributed by atoms with E-state index in [0.717, 1.165) is 39.6 Å². The molecule has 4 heterocycles. The van der Waals surface area contributed by atoms with Crippen LogP contribution in [0.25, 0.3) is 11.3 Å². The van der Waals surface area contributed by atoms with Gasteiger partial charge in [0.05, 0.1) is 25.0 Å². The number of aryl methyl sites for hydroxylation is 2. The summed E-state index contributed by atoms with van der Waals surface area (Å²) >= 11 is 0. The fraction of sp³-hybridized carbons (Fsp3) is 0.364. The lowest BCUT2D eigenvalue weighted by Crippen LogP contribution is -2.40. The van der Waals surface area contributed by atoms with Gasteiger partial charge >= 0.3 is 0 Å². The Balaban J connectivity index is 1.76. The van der Waals surface area contributed by atoms with Crippen LogP contribution in [-0.4, -0.2) is 32.8 Å². The van der Waals surface area contributed by atoms with Gasteiger partial charge in [0, 0.05) is 42.0 Å². The maximum absolute atomic E-state index is 13.1. The van der Waals surface area contributed by atoms with E-state index in [0.29, 0.717) is 18.8 Å². The van der Waals surface area contributed by atoms with E-state index in [4.69, 9.17) is 9.72 Å². The Hall–Kier alpha value is -3.22. The van der Waals surface area contributed by atoms with Crippen LogP contribution in [0.1, 0.15) is 29.4 Å². The van der Waals surface area contributed by atoms with Crippen molar-refractivity contribution in [3.8, 4) is 17.1 Å². The molecule has 150 valence electrons. The summed E-state index contributed by atoms with van der Waals surface area (Å²) in [4.78, 5) is 24.0. The molecule has 0 radical (unpaired) electrons. The third-order valence-corrected chi connectivity index (χ3v) is 5.64. The van der Waals surface area contributed by atoms with Gasteiger partial charge in [0.15, 0.2) is 0 Å². The molecule has 1 aliphatic rings. The normalized spacial score (nSPS) is 16.1. The Bertz CT molecular complexity index is 1070. The molecule has 7 nitrogen and oxygen atoms in total. The molecular formula is C22H25N5O2. The topological polar surface area (TPSA) is 73.1 Å². The highest BCUT2D eigenvalue weighted by atomic mass is 16.5. The first-order chi connectivity index (χ1) is 13.9. The largest absolute Gasteiger partial charge is 0.481 e. The zero-order valence-corrected chi connectivity index (χ0v) is 17.4. The minimum atomic E-state index is -0.0740. The summed E-state index contributed by atoms with van der Waals surface area (Å²) in [6.07, 6.45) is 2.43. The second-order valence-corrected chi connectivity index (χ2v) is 7.57. The SMILES string of the molecule is COc1ccc(-c2ccc3c(n2)N(Cc2c(C)nn(C)c2C)C(=O)C(C)C3)cn1. The van der Waals surface area contributed by atoms with Crippen LogP contribution in [0.5, 0.6) is 5.88 Å². The standard InChI is InChI=1S/C22H25N5O2/c1-13-10-16-6-8-19(17-7-9-20(29-5)23-11-17)24-21(16)27(22(13)28)12-18-14(2)25-26(4)15(18)3/h6-9,11,13H,10,12H2,1-5H3. The van der Waals surface area contributed by atoms with Gasteiger partial charge in [-0.15, -0.1) is 0 Å². The van der Waals surface area contributed by atoms with E-state index < -0.39 is 0 Å². The summed E-state index contributed by atoms with van der Waals surface area (Å²) in [7, 11) is 3.51. The van der Waals surface area contributed by atoms with Crippen molar-refractivity contribution in [2.45, 2.75) is 33.7 Å². The molecule has 1 unspecified atom stereocenters.